The van der Waals surface area contributed by atoms with E-state index in [0.29, 0.717) is 5.92 Å². The Balaban J connectivity index is 2.54. The molecule has 0 aliphatic heterocycles. The number of benzene rings is 1. The lowest BCUT2D eigenvalue weighted by molar-refractivity contribution is -0.139. The Morgan fingerprint density at radius 3 is 2.33 bits per heavy atom. The fraction of sp³-hybridized carbons (Fsp3) is 0.588. The van der Waals surface area contributed by atoms with Crippen LogP contribution in [0, 0.1) is 5.92 Å². The van der Waals surface area contributed by atoms with Crippen molar-refractivity contribution in [1.29, 1.82) is 0 Å². The molecule has 1 aromatic rings. The maximum absolute atomic E-state index is 11.0. The summed E-state index contributed by atoms with van der Waals surface area (Å²) in [6.07, 6.45) is 1.89. The van der Waals surface area contributed by atoms with Crippen LogP contribution in [0.5, 0.6) is 5.75 Å². The molecule has 0 heterocycles. The number of carboxylic acids is 1. The van der Waals surface area contributed by atoms with E-state index in [4.69, 9.17) is 9.84 Å². The average molecular weight is 293 g/mol. The van der Waals surface area contributed by atoms with Gasteiger partial charge in [0.15, 0.2) is 0 Å². The smallest absolute Gasteiger partial charge is 0.317 e. The molecule has 1 unspecified atom stereocenters. The van der Waals surface area contributed by atoms with Crippen molar-refractivity contribution < 1.29 is 14.6 Å². The van der Waals surface area contributed by atoms with Crippen LogP contribution in [0.4, 0.5) is 0 Å². The van der Waals surface area contributed by atoms with Gasteiger partial charge in [-0.1, -0.05) is 26.0 Å². The Morgan fingerprint density at radius 1 is 1.24 bits per heavy atom. The predicted octanol–water partition coefficient (Wildman–Crippen LogP) is 3.06. The molecule has 0 saturated carbocycles. The molecule has 0 aromatic heterocycles. The number of aliphatic carboxylic acids is 1. The van der Waals surface area contributed by atoms with Gasteiger partial charge in [-0.15, -0.1) is 0 Å². The van der Waals surface area contributed by atoms with Gasteiger partial charge in [0.05, 0.1) is 13.7 Å². The third-order valence-corrected chi connectivity index (χ3v) is 3.57. The number of hydrogen-bond acceptors (Lipinski definition) is 3. The molecular formula is C17H27NO3. The Hall–Kier alpha value is -1.55. The number of aryl methyl sites for hydroxylation is 1. The van der Waals surface area contributed by atoms with E-state index in [0.717, 1.165) is 25.1 Å². The molecule has 0 radical (unpaired) electrons. The fourth-order valence-corrected chi connectivity index (χ4v) is 2.39. The molecule has 1 N–H and O–H groups in total. The first-order chi connectivity index (χ1) is 9.92. The molecule has 0 saturated heterocycles. The molecule has 4 nitrogen and oxygen atoms in total. The number of rotatable bonds is 9. The van der Waals surface area contributed by atoms with Gasteiger partial charge in [0.2, 0.25) is 0 Å². The monoisotopic (exact) mass is 293 g/mol. The number of methoxy groups -OCH3 is 1. The zero-order chi connectivity index (χ0) is 15.8. The second-order valence-corrected chi connectivity index (χ2v) is 5.95. The van der Waals surface area contributed by atoms with E-state index in [9.17, 15) is 4.79 Å². The van der Waals surface area contributed by atoms with E-state index < -0.39 is 5.97 Å². The lowest BCUT2D eigenvalue weighted by atomic mass is 10.0. The van der Waals surface area contributed by atoms with Gasteiger partial charge in [-0.05, 0) is 43.4 Å². The summed E-state index contributed by atoms with van der Waals surface area (Å²) >= 11 is 0. The Labute approximate surface area is 127 Å². The van der Waals surface area contributed by atoms with Crippen molar-refractivity contribution >= 4 is 5.97 Å². The highest BCUT2D eigenvalue weighted by Crippen LogP contribution is 2.15. The maximum atomic E-state index is 11.0. The van der Waals surface area contributed by atoms with Crippen LogP contribution in [0.1, 0.15) is 32.8 Å². The molecule has 0 amide bonds. The zero-order valence-corrected chi connectivity index (χ0v) is 13.5. The third kappa shape index (κ3) is 6.63. The first-order valence-electron chi connectivity index (χ1n) is 7.51. The SMILES string of the molecule is COc1ccc(CCC(C)N(CC(=O)O)CC(C)C)cc1. The van der Waals surface area contributed by atoms with Crippen LogP contribution in [0.3, 0.4) is 0 Å². The summed E-state index contributed by atoms with van der Waals surface area (Å²) in [6.45, 7) is 7.27. The minimum absolute atomic E-state index is 0.113. The van der Waals surface area contributed by atoms with Gasteiger partial charge in [-0.3, -0.25) is 9.69 Å². The number of nitrogens with zero attached hydrogens (tertiary/aromatic N) is 1. The summed E-state index contributed by atoms with van der Waals surface area (Å²) in [4.78, 5) is 13.0. The van der Waals surface area contributed by atoms with Crippen LogP contribution in [-0.2, 0) is 11.2 Å². The lowest BCUT2D eigenvalue weighted by Gasteiger charge is -2.29. The summed E-state index contributed by atoms with van der Waals surface area (Å²) in [5.74, 6) is 0.568. The number of carboxylic acid groups (broad SMARTS) is 1. The first kappa shape index (κ1) is 17.5. The van der Waals surface area contributed by atoms with Crippen molar-refractivity contribution in [1.82, 2.24) is 4.90 Å². The van der Waals surface area contributed by atoms with Crippen molar-refractivity contribution in [2.75, 3.05) is 20.2 Å². The number of carbonyl (C=O) groups is 1. The van der Waals surface area contributed by atoms with Crippen LogP contribution in [-0.4, -0.2) is 42.2 Å². The van der Waals surface area contributed by atoms with Crippen molar-refractivity contribution in [3.63, 3.8) is 0 Å². The summed E-state index contributed by atoms with van der Waals surface area (Å²) in [5, 5.41) is 9.03. The van der Waals surface area contributed by atoms with Crippen molar-refractivity contribution in [2.45, 2.75) is 39.7 Å². The van der Waals surface area contributed by atoms with Crippen LogP contribution in [0.15, 0.2) is 24.3 Å². The van der Waals surface area contributed by atoms with Gasteiger partial charge < -0.3 is 9.84 Å². The van der Waals surface area contributed by atoms with Crippen molar-refractivity contribution in [2.24, 2.45) is 5.92 Å². The molecule has 0 fully saturated rings. The van der Waals surface area contributed by atoms with Gasteiger partial charge >= 0.3 is 5.97 Å². The normalized spacial score (nSPS) is 12.7. The highest BCUT2D eigenvalue weighted by molar-refractivity contribution is 5.69. The molecule has 0 aliphatic carbocycles. The molecule has 1 rings (SSSR count). The van der Waals surface area contributed by atoms with Gasteiger partial charge in [0.1, 0.15) is 5.75 Å². The van der Waals surface area contributed by atoms with Gasteiger partial charge in [-0.25, -0.2) is 0 Å². The quantitative estimate of drug-likeness (QED) is 0.760. The molecule has 0 spiro atoms. The molecule has 4 heteroatoms. The second kappa shape index (κ2) is 8.67. The summed E-state index contributed by atoms with van der Waals surface area (Å²) < 4.78 is 5.15. The van der Waals surface area contributed by atoms with E-state index in [1.54, 1.807) is 7.11 Å². The van der Waals surface area contributed by atoms with E-state index in [1.165, 1.54) is 5.56 Å². The summed E-state index contributed by atoms with van der Waals surface area (Å²) in [6, 6.07) is 8.31. The van der Waals surface area contributed by atoms with Crippen molar-refractivity contribution in [3.8, 4) is 5.75 Å². The Kier molecular flexibility index (Phi) is 7.23. The van der Waals surface area contributed by atoms with E-state index in [-0.39, 0.29) is 12.6 Å². The van der Waals surface area contributed by atoms with E-state index in [1.807, 2.05) is 12.1 Å². The first-order valence-corrected chi connectivity index (χ1v) is 7.51. The summed E-state index contributed by atoms with van der Waals surface area (Å²) in [5.41, 5.74) is 1.25. The van der Waals surface area contributed by atoms with Crippen molar-refractivity contribution in [3.05, 3.63) is 29.8 Å². The molecule has 1 aromatic carbocycles. The second-order valence-electron chi connectivity index (χ2n) is 5.95. The molecule has 1 atom stereocenters. The van der Waals surface area contributed by atoms with Gasteiger partial charge in [0, 0.05) is 12.6 Å². The Bertz CT molecular complexity index is 428. The Morgan fingerprint density at radius 2 is 1.86 bits per heavy atom. The summed E-state index contributed by atoms with van der Waals surface area (Å²) in [7, 11) is 1.66. The van der Waals surface area contributed by atoms with Crippen LogP contribution in [0.25, 0.3) is 0 Å². The predicted molar refractivity (Wildman–Crippen MR) is 84.8 cm³/mol. The number of hydrogen-bond donors (Lipinski definition) is 1. The largest absolute Gasteiger partial charge is 0.497 e. The highest BCUT2D eigenvalue weighted by atomic mass is 16.5. The lowest BCUT2D eigenvalue weighted by Crippen LogP contribution is -2.40. The molecule has 0 bridgehead atoms. The van der Waals surface area contributed by atoms with E-state index in [2.05, 4.69) is 37.8 Å². The van der Waals surface area contributed by atoms with Gasteiger partial charge in [0.25, 0.3) is 0 Å². The average Bonchev–Trinajstić information content (AvgIpc) is 2.43. The standard InChI is InChI=1S/C17H27NO3/c1-13(2)11-18(12-17(19)20)14(3)5-6-15-7-9-16(21-4)10-8-15/h7-10,13-14H,5-6,11-12H2,1-4H3,(H,19,20). The van der Waals surface area contributed by atoms with Crippen LogP contribution in [0.2, 0.25) is 0 Å². The number of ether oxygens (including phenoxy) is 1. The molecule has 21 heavy (non-hydrogen) atoms. The molecule has 0 aliphatic rings. The minimum atomic E-state index is -0.757. The minimum Gasteiger partial charge on any atom is -0.497 e. The zero-order valence-electron chi connectivity index (χ0n) is 13.5. The van der Waals surface area contributed by atoms with Gasteiger partial charge in [-0.2, -0.15) is 0 Å². The van der Waals surface area contributed by atoms with E-state index >= 15 is 0 Å². The molecular weight excluding hydrogens is 266 g/mol. The highest BCUT2D eigenvalue weighted by Gasteiger charge is 2.17. The maximum Gasteiger partial charge on any atom is 0.317 e. The van der Waals surface area contributed by atoms with Crippen LogP contribution < -0.4 is 4.74 Å². The third-order valence-electron chi connectivity index (χ3n) is 3.57. The fourth-order valence-electron chi connectivity index (χ4n) is 2.39. The van der Waals surface area contributed by atoms with Crippen LogP contribution >= 0.6 is 0 Å². The topological polar surface area (TPSA) is 49.8 Å². The molecule has 118 valence electrons.